The summed E-state index contributed by atoms with van der Waals surface area (Å²) in [7, 11) is -2.84. The maximum atomic E-state index is 11.3. The molecule has 1 saturated carbocycles. The van der Waals surface area contributed by atoms with Gasteiger partial charge in [0, 0.05) is 24.7 Å². The summed E-state index contributed by atoms with van der Waals surface area (Å²) in [5.41, 5.74) is 0.204. The van der Waals surface area contributed by atoms with Crippen LogP contribution in [-0.2, 0) is 9.84 Å². The highest BCUT2D eigenvalue weighted by atomic mass is 35.5. The quantitative estimate of drug-likeness (QED) is 0.575. The number of sulfone groups is 1. The zero-order valence-electron chi connectivity index (χ0n) is 10.7. The molecule has 0 saturated heterocycles. The summed E-state index contributed by atoms with van der Waals surface area (Å²) in [4.78, 5) is 0. The highest BCUT2D eigenvalue weighted by Crippen LogP contribution is 2.36. The molecule has 1 aliphatic rings. The van der Waals surface area contributed by atoms with Crippen molar-refractivity contribution in [3.05, 3.63) is 0 Å². The third kappa shape index (κ3) is 5.14. The maximum absolute atomic E-state index is 11.3. The Morgan fingerprint density at radius 1 is 1.24 bits per heavy atom. The number of hydrogen-bond donors (Lipinski definition) is 1. The van der Waals surface area contributed by atoms with Gasteiger partial charge in [-0.05, 0) is 18.3 Å². The van der Waals surface area contributed by atoms with E-state index in [1.165, 1.54) is 32.1 Å². The number of nitrogens with one attached hydrogen (secondary N) is 1. The Morgan fingerprint density at radius 2 is 1.88 bits per heavy atom. The molecule has 1 fully saturated rings. The number of halogens is 1. The van der Waals surface area contributed by atoms with Gasteiger partial charge in [0.25, 0.3) is 0 Å². The van der Waals surface area contributed by atoms with Crippen molar-refractivity contribution in [3.63, 3.8) is 0 Å². The van der Waals surface area contributed by atoms with Gasteiger partial charge in [0.1, 0.15) is 0 Å². The lowest BCUT2D eigenvalue weighted by molar-refractivity contribution is 0.214. The van der Waals surface area contributed by atoms with E-state index in [0.717, 1.165) is 6.54 Å². The molecule has 0 amide bonds. The average molecular weight is 282 g/mol. The van der Waals surface area contributed by atoms with Crippen molar-refractivity contribution in [3.8, 4) is 0 Å². The molecule has 102 valence electrons. The lowest BCUT2D eigenvalue weighted by atomic mass is 9.75. The molecule has 1 rings (SSSR count). The van der Waals surface area contributed by atoms with Gasteiger partial charge < -0.3 is 5.32 Å². The number of alkyl halides is 1. The normalized spacial score (nSPS) is 20.4. The smallest absolute Gasteiger partial charge is 0.151 e. The van der Waals surface area contributed by atoms with Crippen LogP contribution in [-0.4, -0.2) is 38.9 Å². The van der Waals surface area contributed by atoms with Crippen molar-refractivity contribution >= 4 is 21.4 Å². The second kappa shape index (κ2) is 6.95. The summed E-state index contributed by atoms with van der Waals surface area (Å²) >= 11 is 6.07. The van der Waals surface area contributed by atoms with Gasteiger partial charge in [0.15, 0.2) is 9.84 Å². The van der Waals surface area contributed by atoms with Crippen LogP contribution in [0.5, 0.6) is 0 Å². The minimum Gasteiger partial charge on any atom is -0.315 e. The molecule has 17 heavy (non-hydrogen) atoms. The Kier molecular flexibility index (Phi) is 6.24. The topological polar surface area (TPSA) is 46.2 Å². The van der Waals surface area contributed by atoms with E-state index in [-0.39, 0.29) is 16.9 Å². The van der Waals surface area contributed by atoms with Crippen LogP contribution in [0.4, 0.5) is 0 Å². The van der Waals surface area contributed by atoms with Crippen LogP contribution in [0.15, 0.2) is 0 Å². The average Bonchev–Trinajstić information content (AvgIpc) is 2.36. The van der Waals surface area contributed by atoms with E-state index >= 15 is 0 Å². The fourth-order valence-corrected chi connectivity index (χ4v) is 3.49. The second-order valence-corrected chi connectivity index (χ2v) is 7.85. The zero-order valence-corrected chi connectivity index (χ0v) is 12.2. The SMILES string of the molecule is CCS(=O)(=O)CCNCC1(CCl)CCCCC1. The molecule has 3 nitrogen and oxygen atoms in total. The van der Waals surface area contributed by atoms with Crippen LogP contribution < -0.4 is 5.32 Å². The van der Waals surface area contributed by atoms with Crippen LogP contribution in [0.25, 0.3) is 0 Å². The summed E-state index contributed by atoms with van der Waals surface area (Å²) in [5.74, 6) is 1.15. The zero-order chi connectivity index (χ0) is 12.8. The molecule has 0 aromatic heterocycles. The standard InChI is InChI=1S/C12H24ClNO2S/c1-2-17(15,16)9-8-14-11-12(10-13)6-4-3-5-7-12/h14H,2-11H2,1H3. The van der Waals surface area contributed by atoms with Crippen molar-refractivity contribution in [1.29, 1.82) is 0 Å². The molecule has 0 radical (unpaired) electrons. The van der Waals surface area contributed by atoms with Crippen molar-refractivity contribution in [2.24, 2.45) is 5.41 Å². The molecule has 5 heteroatoms. The molecule has 0 aromatic rings. The van der Waals surface area contributed by atoms with Crippen molar-refractivity contribution in [2.75, 3.05) is 30.5 Å². The highest BCUT2D eigenvalue weighted by molar-refractivity contribution is 7.91. The molecule has 0 atom stereocenters. The van der Waals surface area contributed by atoms with E-state index in [0.29, 0.717) is 12.4 Å². The molecule has 0 bridgehead atoms. The van der Waals surface area contributed by atoms with Gasteiger partial charge in [-0.15, -0.1) is 11.6 Å². The fourth-order valence-electron chi connectivity index (χ4n) is 2.38. The summed E-state index contributed by atoms with van der Waals surface area (Å²) in [6.07, 6.45) is 6.15. The van der Waals surface area contributed by atoms with Crippen LogP contribution in [0, 0.1) is 5.41 Å². The lowest BCUT2D eigenvalue weighted by Gasteiger charge is -2.35. The fraction of sp³-hybridized carbons (Fsp3) is 1.00. The first-order valence-corrected chi connectivity index (χ1v) is 8.86. The molecule has 0 unspecified atom stereocenters. The van der Waals surface area contributed by atoms with Gasteiger partial charge in [-0.2, -0.15) is 0 Å². The first-order chi connectivity index (χ1) is 8.04. The molecule has 1 N–H and O–H groups in total. The van der Waals surface area contributed by atoms with Crippen LogP contribution in [0.1, 0.15) is 39.0 Å². The molecular formula is C12H24ClNO2S. The molecule has 0 aromatic carbocycles. The van der Waals surface area contributed by atoms with E-state index in [4.69, 9.17) is 11.6 Å². The van der Waals surface area contributed by atoms with Crippen LogP contribution in [0.3, 0.4) is 0 Å². The third-order valence-corrected chi connectivity index (χ3v) is 6.00. The third-order valence-electron chi connectivity index (χ3n) is 3.73. The number of hydrogen-bond acceptors (Lipinski definition) is 3. The summed E-state index contributed by atoms with van der Waals surface area (Å²) in [6, 6.07) is 0. The Bertz CT molecular complexity index is 310. The maximum Gasteiger partial charge on any atom is 0.151 e. The first kappa shape index (κ1) is 15.3. The minimum absolute atomic E-state index is 0.204. The largest absolute Gasteiger partial charge is 0.315 e. The van der Waals surface area contributed by atoms with Crippen LogP contribution >= 0.6 is 11.6 Å². The Labute approximate surface area is 110 Å². The van der Waals surface area contributed by atoms with E-state index in [1.807, 2.05) is 0 Å². The predicted molar refractivity (Wildman–Crippen MR) is 73.4 cm³/mol. The molecule has 0 spiro atoms. The van der Waals surface area contributed by atoms with Gasteiger partial charge in [0.05, 0.1) is 5.75 Å². The van der Waals surface area contributed by atoms with Gasteiger partial charge in [-0.1, -0.05) is 26.2 Å². The summed E-state index contributed by atoms with van der Waals surface area (Å²) < 4.78 is 22.7. The van der Waals surface area contributed by atoms with E-state index in [9.17, 15) is 8.42 Å². The van der Waals surface area contributed by atoms with Gasteiger partial charge >= 0.3 is 0 Å². The summed E-state index contributed by atoms with van der Waals surface area (Å²) in [6.45, 7) is 3.10. The monoisotopic (exact) mass is 281 g/mol. The molecule has 0 heterocycles. The van der Waals surface area contributed by atoms with Gasteiger partial charge in [-0.3, -0.25) is 0 Å². The summed E-state index contributed by atoms with van der Waals surface area (Å²) in [5, 5.41) is 3.27. The second-order valence-electron chi connectivity index (χ2n) is 5.11. The van der Waals surface area contributed by atoms with E-state index in [2.05, 4.69) is 5.32 Å². The first-order valence-electron chi connectivity index (χ1n) is 6.51. The number of rotatable bonds is 7. The van der Waals surface area contributed by atoms with Crippen molar-refractivity contribution < 1.29 is 8.42 Å². The van der Waals surface area contributed by atoms with Crippen molar-refractivity contribution in [1.82, 2.24) is 5.32 Å². The molecule has 1 aliphatic carbocycles. The van der Waals surface area contributed by atoms with Crippen molar-refractivity contribution in [2.45, 2.75) is 39.0 Å². The Morgan fingerprint density at radius 3 is 2.41 bits per heavy atom. The minimum atomic E-state index is -2.84. The van der Waals surface area contributed by atoms with Crippen LogP contribution in [0.2, 0.25) is 0 Å². The van der Waals surface area contributed by atoms with Gasteiger partial charge in [0.2, 0.25) is 0 Å². The highest BCUT2D eigenvalue weighted by Gasteiger charge is 2.30. The Balaban J connectivity index is 2.29. The Hall–Kier alpha value is 0.200. The lowest BCUT2D eigenvalue weighted by Crippen LogP contribution is -2.39. The van der Waals surface area contributed by atoms with E-state index < -0.39 is 9.84 Å². The van der Waals surface area contributed by atoms with Gasteiger partial charge in [-0.25, -0.2) is 8.42 Å². The molecular weight excluding hydrogens is 258 g/mol. The van der Waals surface area contributed by atoms with E-state index in [1.54, 1.807) is 6.92 Å². The predicted octanol–water partition coefficient (Wildman–Crippen LogP) is 2.20. The molecule has 0 aliphatic heterocycles.